The molecule has 0 aromatic heterocycles. The van der Waals surface area contributed by atoms with Crippen LogP contribution in [0.15, 0.2) is 18.2 Å². The maximum atomic E-state index is 12.0. The Kier molecular flexibility index (Phi) is 6.51. The number of carbonyl (C=O) groups excluding carboxylic acids is 2. The fourth-order valence-corrected chi connectivity index (χ4v) is 1.65. The highest BCUT2D eigenvalue weighted by atomic mass is 16.6. The zero-order valence-corrected chi connectivity index (χ0v) is 14.0. The van der Waals surface area contributed by atoms with Gasteiger partial charge in [-0.2, -0.15) is 0 Å². The lowest BCUT2D eigenvalue weighted by atomic mass is 10.1. The molecule has 132 valence electrons. The highest BCUT2D eigenvalue weighted by Crippen LogP contribution is 2.24. The number of hydrogen-bond acceptors (Lipinski definition) is 7. The van der Waals surface area contributed by atoms with E-state index in [9.17, 15) is 19.7 Å². The predicted molar refractivity (Wildman–Crippen MR) is 84.2 cm³/mol. The summed E-state index contributed by atoms with van der Waals surface area (Å²) >= 11 is 0. The second-order valence-corrected chi connectivity index (χ2v) is 5.70. The summed E-state index contributed by atoms with van der Waals surface area (Å²) in [7, 11) is 1.38. The summed E-state index contributed by atoms with van der Waals surface area (Å²) in [6.07, 6.45) is -0.647. The number of ether oxygens (including phenoxy) is 3. The van der Waals surface area contributed by atoms with Gasteiger partial charge < -0.3 is 19.5 Å². The maximum Gasteiger partial charge on any atom is 0.407 e. The van der Waals surface area contributed by atoms with Gasteiger partial charge >= 0.3 is 12.1 Å². The van der Waals surface area contributed by atoms with Crippen molar-refractivity contribution in [2.75, 3.05) is 20.3 Å². The number of hydrogen-bond donors (Lipinski definition) is 1. The van der Waals surface area contributed by atoms with Gasteiger partial charge in [0, 0.05) is 12.1 Å². The molecule has 9 heteroatoms. The number of nitrogens with zero attached hydrogens (tertiary/aromatic N) is 1. The minimum absolute atomic E-state index is 0.0123. The molecule has 0 fully saturated rings. The van der Waals surface area contributed by atoms with Crippen molar-refractivity contribution in [3.8, 4) is 5.75 Å². The Hall–Kier alpha value is -2.84. The first-order valence-electron chi connectivity index (χ1n) is 7.10. The standard InChI is InChI=1S/C15H20N2O7/c1-15(2,3)24-14(19)16-7-8-23-13(18)11-9-10(22-4)5-6-12(11)17(20)21/h5-6,9H,7-8H2,1-4H3,(H,16,19). The third-order valence-electron chi connectivity index (χ3n) is 2.62. The van der Waals surface area contributed by atoms with Crippen LogP contribution in [-0.4, -0.2) is 42.8 Å². The average Bonchev–Trinajstić information content (AvgIpc) is 2.48. The summed E-state index contributed by atoms with van der Waals surface area (Å²) in [5, 5.41) is 13.4. The summed E-state index contributed by atoms with van der Waals surface area (Å²) < 4.78 is 14.9. The van der Waals surface area contributed by atoms with E-state index in [2.05, 4.69) is 5.32 Å². The first-order chi connectivity index (χ1) is 11.1. The van der Waals surface area contributed by atoms with E-state index in [0.29, 0.717) is 5.75 Å². The van der Waals surface area contributed by atoms with Crippen LogP contribution in [-0.2, 0) is 9.47 Å². The van der Waals surface area contributed by atoms with Crippen LogP contribution in [0.1, 0.15) is 31.1 Å². The fourth-order valence-electron chi connectivity index (χ4n) is 1.65. The Morgan fingerprint density at radius 1 is 1.29 bits per heavy atom. The smallest absolute Gasteiger partial charge is 0.407 e. The molecule has 0 aliphatic heterocycles. The van der Waals surface area contributed by atoms with Crippen molar-refractivity contribution in [1.82, 2.24) is 5.32 Å². The van der Waals surface area contributed by atoms with Gasteiger partial charge in [0.2, 0.25) is 0 Å². The van der Waals surface area contributed by atoms with Gasteiger partial charge in [-0.3, -0.25) is 10.1 Å². The van der Waals surface area contributed by atoms with Crippen LogP contribution in [0.2, 0.25) is 0 Å². The molecular formula is C15H20N2O7. The highest BCUT2D eigenvalue weighted by Gasteiger charge is 2.22. The average molecular weight is 340 g/mol. The Labute approximate surface area is 139 Å². The van der Waals surface area contributed by atoms with Crippen LogP contribution in [0.5, 0.6) is 5.75 Å². The molecular weight excluding hydrogens is 320 g/mol. The van der Waals surface area contributed by atoms with Gasteiger partial charge in [-0.25, -0.2) is 9.59 Å². The van der Waals surface area contributed by atoms with Crippen molar-refractivity contribution in [3.63, 3.8) is 0 Å². The van der Waals surface area contributed by atoms with E-state index >= 15 is 0 Å². The third kappa shape index (κ3) is 6.11. The summed E-state index contributed by atoms with van der Waals surface area (Å²) in [4.78, 5) is 33.7. The molecule has 9 nitrogen and oxygen atoms in total. The van der Waals surface area contributed by atoms with E-state index in [0.717, 1.165) is 6.07 Å². The quantitative estimate of drug-likeness (QED) is 0.365. The third-order valence-corrected chi connectivity index (χ3v) is 2.62. The summed E-state index contributed by atoms with van der Waals surface area (Å²) in [5.41, 5.74) is -1.25. The fraction of sp³-hybridized carbons (Fsp3) is 0.467. The Bertz CT molecular complexity index is 623. The first kappa shape index (κ1) is 19.2. The molecule has 1 aromatic rings. The number of nitro groups is 1. The number of nitro benzene ring substituents is 1. The molecule has 0 saturated heterocycles. The number of benzene rings is 1. The molecule has 0 atom stereocenters. The predicted octanol–water partition coefficient (Wildman–Crippen LogP) is 2.28. The lowest BCUT2D eigenvalue weighted by Crippen LogP contribution is -2.34. The van der Waals surface area contributed by atoms with E-state index in [1.807, 2.05) is 0 Å². The van der Waals surface area contributed by atoms with Gasteiger partial charge in [0.05, 0.1) is 18.6 Å². The van der Waals surface area contributed by atoms with E-state index in [4.69, 9.17) is 14.2 Å². The summed E-state index contributed by atoms with van der Waals surface area (Å²) in [6, 6.07) is 3.76. The lowest BCUT2D eigenvalue weighted by Gasteiger charge is -2.19. The van der Waals surface area contributed by atoms with Crippen molar-refractivity contribution < 1.29 is 28.7 Å². The Morgan fingerprint density at radius 2 is 1.96 bits per heavy atom. The Balaban J connectivity index is 2.60. The van der Waals surface area contributed by atoms with E-state index in [1.54, 1.807) is 20.8 Å². The van der Waals surface area contributed by atoms with Gasteiger partial charge in [-0.15, -0.1) is 0 Å². The van der Waals surface area contributed by atoms with Gasteiger partial charge in [0.1, 0.15) is 23.5 Å². The largest absolute Gasteiger partial charge is 0.497 e. The van der Waals surface area contributed by atoms with Crippen molar-refractivity contribution in [3.05, 3.63) is 33.9 Å². The number of esters is 1. The normalized spacial score (nSPS) is 10.7. The van der Waals surface area contributed by atoms with Crippen molar-refractivity contribution >= 4 is 17.7 Å². The molecule has 0 saturated carbocycles. The van der Waals surface area contributed by atoms with E-state index in [1.165, 1.54) is 19.2 Å². The lowest BCUT2D eigenvalue weighted by molar-refractivity contribution is -0.385. The molecule has 0 radical (unpaired) electrons. The van der Waals surface area contributed by atoms with Crippen molar-refractivity contribution in [2.24, 2.45) is 0 Å². The van der Waals surface area contributed by atoms with Crippen LogP contribution in [0.4, 0.5) is 10.5 Å². The monoisotopic (exact) mass is 340 g/mol. The van der Waals surface area contributed by atoms with Crippen molar-refractivity contribution in [2.45, 2.75) is 26.4 Å². The summed E-state index contributed by atoms with van der Waals surface area (Å²) in [5.74, 6) is -0.592. The number of nitrogens with one attached hydrogen (secondary N) is 1. The number of alkyl carbamates (subject to hydrolysis) is 1. The van der Waals surface area contributed by atoms with Gasteiger partial charge in [-0.05, 0) is 26.8 Å². The number of carbonyl (C=O) groups is 2. The molecule has 0 aliphatic carbocycles. The van der Waals surface area contributed by atoms with Crippen molar-refractivity contribution in [1.29, 1.82) is 0 Å². The van der Waals surface area contributed by atoms with E-state index < -0.39 is 22.6 Å². The molecule has 0 unspecified atom stereocenters. The number of rotatable bonds is 6. The van der Waals surface area contributed by atoms with Gasteiger partial charge in [0.25, 0.3) is 5.69 Å². The van der Waals surface area contributed by atoms with E-state index in [-0.39, 0.29) is 24.4 Å². The van der Waals surface area contributed by atoms with Gasteiger partial charge in [0.15, 0.2) is 0 Å². The van der Waals surface area contributed by atoms with Gasteiger partial charge in [-0.1, -0.05) is 0 Å². The SMILES string of the molecule is COc1ccc([N+](=O)[O-])c(C(=O)OCCNC(=O)OC(C)(C)C)c1. The van der Waals surface area contributed by atoms with Crippen LogP contribution in [0.3, 0.4) is 0 Å². The topological polar surface area (TPSA) is 117 Å². The number of amides is 1. The maximum absolute atomic E-state index is 12.0. The van der Waals surface area contributed by atoms with Crippen LogP contribution >= 0.6 is 0 Å². The van der Waals surface area contributed by atoms with Crippen LogP contribution in [0, 0.1) is 10.1 Å². The molecule has 1 aromatic carbocycles. The minimum atomic E-state index is -0.883. The molecule has 24 heavy (non-hydrogen) atoms. The first-order valence-corrected chi connectivity index (χ1v) is 7.10. The highest BCUT2D eigenvalue weighted by molar-refractivity contribution is 5.94. The zero-order chi connectivity index (χ0) is 18.3. The Morgan fingerprint density at radius 3 is 2.50 bits per heavy atom. The molecule has 1 amide bonds. The van der Waals surface area contributed by atoms with Crippen LogP contribution < -0.4 is 10.1 Å². The number of methoxy groups -OCH3 is 1. The molecule has 0 aliphatic rings. The molecule has 0 heterocycles. The second-order valence-electron chi connectivity index (χ2n) is 5.70. The van der Waals surface area contributed by atoms with Crippen LogP contribution in [0.25, 0.3) is 0 Å². The zero-order valence-electron chi connectivity index (χ0n) is 14.0. The molecule has 0 bridgehead atoms. The molecule has 0 spiro atoms. The second kappa shape index (κ2) is 8.14. The molecule has 1 rings (SSSR count). The minimum Gasteiger partial charge on any atom is -0.497 e. The molecule has 1 N–H and O–H groups in total. The summed E-state index contributed by atoms with van der Waals surface area (Å²) in [6.45, 7) is 5.00.